The molecule has 0 aliphatic heterocycles. The fourth-order valence-electron chi connectivity index (χ4n) is 2.13. The van der Waals surface area contributed by atoms with E-state index in [1.54, 1.807) is 13.4 Å². The molecular formula is C15H20N2O2. The molecule has 2 rings (SSSR count). The molecule has 0 aliphatic carbocycles. The molecule has 0 aliphatic rings. The van der Waals surface area contributed by atoms with E-state index >= 15 is 0 Å². The first kappa shape index (κ1) is 13.6. The largest absolute Gasteiger partial charge is 0.496 e. The van der Waals surface area contributed by atoms with Crippen molar-refractivity contribution >= 4 is 0 Å². The zero-order chi connectivity index (χ0) is 13.7. The minimum Gasteiger partial charge on any atom is -0.496 e. The molecule has 2 aromatic rings. The minimum atomic E-state index is 0.485. The molecule has 1 aromatic heterocycles. The maximum Gasteiger partial charge on any atom is 0.123 e. The molecule has 1 aromatic carbocycles. The third-order valence-electron chi connectivity index (χ3n) is 3.02. The summed E-state index contributed by atoms with van der Waals surface area (Å²) in [6.07, 6.45) is 1.70. The summed E-state index contributed by atoms with van der Waals surface area (Å²) in [5.74, 6) is 1.81. The number of rotatable bonds is 6. The highest BCUT2D eigenvalue weighted by molar-refractivity contribution is 5.37. The molecular weight excluding hydrogens is 240 g/mol. The van der Waals surface area contributed by atoms with Crippen LogP contribution in [0.3, 0.4) is 0 Å². The zero-order valence-corrected chi connectivity index (χ0v) is 11.4. The topological polar surface area (TPSA) is 51.6 Å². The van der Waals surface area contributed by atoms with E-state index in [0.717, 1.165) is 30.2 Å². The average molecular weight is 260 g/mol. The predicted octanol–water partition coefficient (Wildman–Crippen LogP) is 2.38. The molecule has 0 atom stereocenters. The molecule has 0 spiro atoms. The normalized spacial score (nSPS) is 10.9. The van der Waals surface area contributed by atoms with Crippen LogP contribution in [0.1, 0.15) is 16.9 Å². The van der Waals surface area contributed by atoms with Crippen LogP contribution < -0.4 is 10.5 Å². The van der Waals surface area contributed by atoms with Crippen molar-refractivity contribution in [3.05, 3.63) is 53.5 Å². The van der Waals surface area contributed by atoms with Gasteiger partial charge < -0.3 is 14.9 Å². The maximum absolute atomic E-state index is 5.73. The summed E-state index contributed by atoms with van der Waals surface area (Å²) in [5, 5.41) is 0. The van der Waals surface area contributed by atoms with Gasteiger partial charge in [0.2, 0.25) is 0 Å². The molecule has 0 saturated carbocycles. The fourth-order valence-corrected chi connectivity index (χ4v) is 2.13. The lowest BCUT2D eigenvalue weighted by Gasteiger charge is -2.16. The Bertz CT molecular complexity index is 509. The van der Waals surface area contributed by atoms with Crippen molar-refractivity contribution in [1.29, 1.82) is 0 Å². The number of methoxy groups -OCH3 is 1. The average Bonchev–Trinajstić information content (AvgIpc) is 2.91. The molecule has 19 heavy (non-hydrogen) atoms. The third-order valence-corrected chi connectivity index (χ3v) is 3.02. The summed E-state index contributed by atoms with van der Waals surface area (Å²) in [6.45, 7) is 2.12. The summed E-state index contributed by atoms with van der Waals surface area (Å²) in [7, 11) is 3.73. The smallest absolute Gasteiger partial charge is 0.123 e. The van der Waals surface area contributed by atoms with Gasteiger partial charge in [-0.25, -0.2) is 0 Å². The van der Waals surface area contributed by atoms with Gasteiger partial charge in [-0.1, -0.05) is 6.07 Å². The first-order valence-electron chi connectivity index (χ1n) is 6.29. The summed E-state index contributed by atoms with van der Waals surface area (Å²) >= 11 is 0. The molecule has 0 bridgehead atoms. The Morgan fingerprint density at radius 2 is 2.11 bits per heavy atom. The quantitative estimate of drug-likeness (QED) is 0.866. The van der Waals surface area contributed by atoms with Gasteiger partial charge in [-0.2, -0.15) is 0 Å². The maximum atomic E-state index is 5.73. The van der Waals surface area contributed by atoms with E-state index in [9.17, 15) is 0 Å². The van der Waals surface area contributed by atoms with E-state index in [1.165, 1.54) is 5.56 Å². The monoisotopic (exact) mass is 260 g/mol. The second-order valence-electron chi connectivity index (χ2n) is 4.60. The molecule has 2 N–H and O–H groups in total. The lowest BCUT2D eigenvalue weighted by molar-refractivity contribution is 0.287. The molecule has 1 heterocycles. The minimum absolute atomic E-state index is 0.485. The molecule has 102 valence electrons. The lowest BCUT2D eigenvalue weighted by atomic mass is 10.1. The number of hydrogen-bond acceptors (Lipinski definition) is 4. The number of hydrogen-bond donors (Lipinski definition) is 1. The van der Waals surface area contributed by atoms with Crippen molar-refractivity contribution < 1.29 is 9.15 Å². The van der Waals surface area contributed by atoms with E-state index in [0.29, 0.717) is 6.54 Å². The molecule has 0 saturated heterocycles. The number of nitrogens with zero attached hydrogens (tertiary/aromatic N) is 1. The van der Waals surface area contributed by atoms with Gasteiger partial charge >= 0.3 is 0 Å². The third kappa shape index (κ3) is 3.59. The molecule has 0 unspecified atom stereocenters. The highest BCUT2D eigenvalue weighted by Crippen LogP contribution is 2.20. The Morgan fingerprint density at radius 1 is 1.26 bits per heavy atom. The second kappa shape index (κ2) is 6.41. The van der Waals surface area contributed by atoms with Crippen molar-refractivity contribution in [2.75, 3.05) is 14.2 Å². The first-order valence-corrected chi connectivity index (χ1v) is 6.29. The van der Waals surface area contributed by atoms with Gasteiger partial charge in [-0.05, 0) is 36.9 Å². The van der Waals surface area contributed by atoms with Crippen LogP contribution in [0.4, 0.5) is 0 Å². The van der Waals surface area contributed by atoms with Crippen LogP contribution in [0.25, 0.3) is 0 Å². The summed E-state index contributed by atoms with van der Waals surface area (Å²) in [6, 6.07) is 10.0. The van der Waals surface area contributed by atoms with E-state index in [1.807, 2.05) is 18.2 Å². The number of furan rings is 1. The first-order chi connectivity index (χ1) is 9.22. The zero-order valence-electron chi connectivity index (χ0n) is 11.4. The van der Waals surface area contributed by atoms with E-state index in [-0.39, 0.29) is 0 Å². The molecule has 4 heteroatoms. The van der Waals surface area contributed by atoms with Crippen molar-refractivity contribution in [1.82, 2.24) is 4.90 Å². The van der Waals surface area contributed by atoms with Crippen molar-refractivity contribution in [2.24, 2.45) is 5.73 Å². The van der Waals surface area contributed by atoms with Gasteiger partial charge in [0, 0.05) is 18.7 Å². The Balaban J connectivity index is 2.02. The summed E-state index contributed by atoms with van der Waals surface area (Å²) in [5.41, 5.74) is 7.98. The number of nitrogens with two attached hydrogens (primary N) is 1. The fraction of sp³-hybridized carbons (Fsp3) is 0.333. The van der Waals surface area contributed by atoms with Crippen LogP contribution in [0, 0.1) is 0 Å². The van der Waals surface area contributed by atoms with Crippen LogP contribution in [-0.2, 0) is 19.6 Å². The van der Waals surface area contributed by atoms with Gasteiger partial charge in [0.15, 0.2) is 0 Å². The van der Waals surface area contributed by atoms with Crippen LogP contribution in [-0.4, -0.2) is 19.1 Å². The van der Waals surface area contributed by atoms with Crippen LogP contribution in [0.15, 0.2) is 41.0 Å². The molecule has 0 fully saturated rings. The van der Waals surface area contributed by atoms with Crippen LogP contribution in [0.5, 0.6) is 5.75 Å². The van der Waals surface area contributed by atoms with Gasteiger partial charge in [0.05, 0.1) is 19.9 Å². The Hall–Kier alpha value is -1.78. The van der Waals surface area contributed by atoms with E-state index in [2.05, 4.69) is 24.1 Å². The Labute approximate surface area is 113 Å². The molecule has 0 radical (unpaired) electrons. The van der Waals surface area contributed by atoms with Gasteiger partial charge in [0.25, 0.3) is 0 Å². The molecule has 4 nitrogen and oxygen atoms in total. The number of benzene rings is 1. The standard InChI is InChI=1S/C15H20N2O2/c1-17(11-14-4-3-7-19-14)10-12-5-6-15(18-2)13(8-12)9-16/h3-8H,9-11,16H2,1-2H3. The predicted molar refractivity (Wildman–Crippen MR) is 74.8 cm³/mol. The van der Waals surface area contributed by atoms with E-state index < -0.39 is 0 Å². The van der Waals surface area contributed by atoms with Gasteiger partial charge in [0.1, 0.15) is 11.5 Å². The Morgan fingerprint density at radius 3 is 2.74 bits per heavy atom. The summed E-state index contributed by atoms with van der Waals surface area (Å²) < 4.78 is 10.6. The second-order valence-corrected chi connectivity index (χ2v) is 4.60. The van der Waals surface area contributed by atoms with E-state index in [4.69, 9.17) is 14.9 Å². The van der Waals surface area contributed by atoms with Crippen molar-refractivity contribution in [3.8, 4) is 5.75 Å². The highest BCUT2D eigenvalue weighted by atomic mass is 16.5. The SMILES string of the molecule is COc1ccc(CN(C)Cc2ccco2)cc1CN. The van der Waals surface area contributed by atoms with Crippen LogP contribution in [0.2, 0.25) is 0 Å². The van der Waals surface area contributed by atoms with Crippen molar-refractivity contribution in [2.45, 2.75) is 19.6 Å². The summed E-state index contributed by atoms with van der Waals surface area (Å²) in [4.78, 5) is 2.20. The number of ether oxygens (including phenoxy) is 1. The molecule has 0 amide bonds. The lowest BCUT2D eigenvalue weighted by Crippen LogP contribution is -2.17. The van der Waals surface area contributed by atoms with Gasteiger partial charge in [-0.3, -0.25) is 4.90 Å². The Kier molecular flexibility index (Phi) is 4.60. The van der Waals surface area contributed by atoms with Gasteiger partial charge in [-0.15, -0.1) is 0 Å². The van der Waals surface area contributed by atoms with Crippen LogP contribution >= 0.6 is 0 Å². The highest BCUT2D eigenvalue weighted by Gasteiger charge is 2.07. The van der Waals surface area contributed by atoms with Crippen molar-refractivity contribution in [3.63, 3.8) is 0 Å².